The fraction of sp³-hybridized carbons (Fsp3) is 0.500. The molecule has 0 saturated heterocycles. The van der Waals surface area contributed by atoms with Crippen LogP contribution < -0.4 is 4.90 Å². The number of anilines is 1. The minimum Gasteiger partial charge on any atom is -0.381 e. The number of nitrogens with zero attached hydrogens (tertiary/aromatic N) is 4. The number of ether oxygens (including phenoxy) is 1. The molecule has 138 valence electrons. The molecule has 1 aliphatic heterocycles. The van der Waals surface area contributed by atoms with Crippen LogP contribution in [0.3, 0.4) is 0 Å². The Morgan fingerprint density at radius 2 is 2.04 bits per heavy atom. The van der Waals surface area contributed by atoms with Crippen LogP contribution in [0.2, 0.25) is 5.15 Å². The number of hydrogen-bond donors (Lipinski definition) is 0. The van der Waals surface area contributed by atoms with Gasteiger partial charge in [0.2, 0.25) is 0 Å². The Morgan fingerprint density at radius 3 is 2.81 bits per heavy atom. The van der Waals surface area contributed by atoms with Gasteiger partial charge in [-0.25, -0.2) is 4.98 Å². The summed E-state index contributed by atoms with van der Waals surface area (Å²) in [6, 6.07) is 3.86. The number of halogens is 1. The van der Waals surface area contributed by atoms with E-state index in [1.165, 1.54) is 18.4 Å². The molecule has 2 aliphatic rings. The van der Waals surface area contributed by atoms with E-state index in [4.69, 9.17) is 16.3 Å². The summed E-state index contributed by atoms with van der Waals surface area (Å²) in [5, 5.41) is 5.13. The lowest BCUT2D eigenvalue weighted by atomic mass is 9.87. The van der Waals surface area contributed by atoms with Gasteiger partial charge in [-0.05, 0) is 55.4 Å². The van der Waals surface area contributed by atoms with Crippen LogP contribution in [0.4, 0.5) is 5.69 Å². The Morgan fingerprint density at radius 1 is 1.23 bits per heavy atom. The molecule has 2 aromatic rings. The van der Waals surface area contributed by atoms with Crippen molar-refractivity contribution in [2.24, 2.45) is 5.92 Å². The smallest absolute Gasteiger partial charge is 0.129 e. The summed E-state index contributed by atoms with van der Waals surface area (Å²) in [7, 11) is 3.90. The second-order valence-corrected chi connectivity index (χ2v) is 7.78. The topological polar surface area (TPSA) is 43.2 Å². The number of fused-ring (bicyclic) bond motifs is 1. The zero-order chi connectivity index (χ0) is 18.1. The fourth-order valence-electron chi connectivity index (χ4n) is 4.04. The number of pyridine rings is 1. The second kappa shape index (κ2) is 7.41. The first kappa shape index (κ1) is 17.6. The maximum absolute atomic E-state index is 6.07. The highest BCUT2D eigenvalue weighted by Crippen LogP contribution is 2.32. The maximum Gasteiger partial charge on any atom is 0.129 e. The van der Waals surface area contributed by atoms with Crippen LogP contribution in [0.15, 0.2) is 24.5 Å². The Hall–Kier alpha value is -1.85. The van der Waals surface area contributed by atoms with E-state index in [0.29, 0.717) is 17.2 Å². The highest BCUT2D eigenvalue weighted by atomic mass is 35.5. The van der Waals surface area contributed by atoms with Gasteiger partial charge < -0.3 is 9.64 Å². The van der Waals surface area contributed by atoms with Gasteiger partial charge in [0.05, 0.1) is 23.7 Å². The molecular formula is C20H25ClN4O. The summed E-state index contributed by atoms with van der Waals surface area (Å²) in [4.78, 5) is 6.67. The maximum atomic E-state index is 6.07. The van der Waals surface area contributed by atoms with Crippen LogP contribution >= 0.6 is 11.6 Å². The fourth-order valence-corrected chi connectivity index (χ4v) is 4.20. The van der Waals surface area contributed by atoms with Crippen molar-refractivity contribution in [1.29, 1.82) is 0 Å². The van der Waals surface area contributed by atoms with Crippen molar-refractivity contribution >= 4 is 28.9 Å². The van der Waals surface area contributed by atoms with Crippen molar-refractivity contribution in [2.45, 2.75) is 38.3 Å². The minimum absolute atomic E-state index is 0.446. The monoisotopic (exact) mass is 372 g/mol. The Balaban J connectivity index is 1.48. The van der Waals surface area contributed by atoms with Crippen LogP contribution in [0.1, 0.15) is 36.9 Å². The average Bonchev–Trinajstić information content (AvgIpc) is 3.10. The number of hydrogen-bond acceptors (Lipinski definition) is 4. The van der Waals surface area contributed by atoms with E-state index >= 15 is 0 Å². The second-order valence-electron chi connectivity index (χ2n) is 7.39. The summed E-state index contributed by atoms with van der Waals surface area (Å²) < 4.78 is 7.56. The first-order valence-corrected chi connectivity index (χ1v) is 9.64. The average molecular weight is 373 g/mol. The third-order valence-electron chi connectivity index (χ3n) is 5.57. The van der Waals surface area contributed by atoms with Gasteiger partial charge in [-0.2, -0.15) is 5.10 Å². The summed E-state index contributed by atoms with van der Waals surface area (Å²) in [6.45, 7) is 1.83. The Bertz CT molecular complexity index is 808. The van der Waals surface area contributed by atoms with Gasteiger partial charge in [0.1, 0.15) is 5.15 Å². The predicted molar refractivity (Wildman–Crippen MR) is 105 cm³/mol. The lowest BCUT2D eigenvalue weighted by molar-refractivity contribution is 0.0536. The third-order valence-corrected chi connectivity index (χ3v) is 5.79. The first-order chi connectivity index (χ1) is 12.6. The zero-order valence-electron chi connectivity index (χ0n) is 15.4. The van der Waals surface area contributed by atoms with Crippen molar-refractivity contribution in [3.8, 4) is 0 Å². The van der Waals surface area contributed by atoms with Gasteiger partial charge in [0.15, 0.2) is 0 Å². The zero-order valence-corrected chi connectivity index (χ0v) is 16.1. The number of likely N-dealkylation sites (N-methyl/N-ethyl adjacent to an activating group) is 1. The third kappa shape index (κ3) is 3.64. The van der Waals surface area contributed by atoms with E-state index in [2.05, 4.69) is 39.0 Å². The molecule has 1 fully saturated rings. The molecule has 26 heavy (non-hydrogen) atoms. The number of aromatic nitrogens is 3. The molecule has 4 rings (SSSR count). The summed E-state index contributed by atoms with van der Waals surface area (Å²) in [5.41, 5.74) is 4.42. The van der Waals surface area contributed by atoms with Crippen molar-refractivity contribution < 1.29 is 4.74 Å². The molecule has 1 aliphatic carbocycles. The van der Waals surface area contributed by atoms with Crippen LogP contribution in [0.5, 0.6) is 0 Å². The molecule has 0 radical (unpaired) electrons. The van der Waals surface area contributed by atoms with E-state index in [0.717, 1.165) is 42.9 Å². The first-order valence-electron chi connectivity index (χ1n) is 9.26. The van der Waals surface area contributed by atoms with Gasteiger partial charge in [0.25, 0.3) is 0 Å². The molecule has 0 spiro atoms. The summed E-state index contributed by atoms with van der Waals surface area (Å²) in [5.74, 6) is 0.693. The molecule has 2 aromatic heterocycles. The molecule has 0 atom stereocenters. The predicted octanol–water partition coefficient (Wildman–Crippen LogP) is 4.13. The van der Waals surface area contributed by atoms with Gasteiger partial charge >= 0.3 is 0 Å². The van der Waals surface area contributed by atoms with Gasteiger partial charge in [-0.15, -0.1) is 0 Å². The summed E-state index contributed by atoms with van der Waals surface area (Å²) >= 11 is 6.07. The molecule has 0 amide bonds. The SMILES string of the molecule is COC1CCC(Cn2cc(C3=Cc4nc(Cl)ccc4N(C)C3)cn2)CC1. The lowest BCUT2D eigenvalue weighted by Crippen LogP contribution is -2.24. The van der Waals surface area contributed by atoms with Crippen molar-refractivity contribution in [3.05, 3.63) is 40.9 Å². The van der Waals surface area contributed by atoms with Crippen molar-refractivity contribution in [2.75, 3.05) is 25.6 Å². The van der Waals surface area contributed by atoms with Gasteiger partial charge in [0, 0.05) is 39.0 Å². The normalized spacial score (nSPS) is 22.9. The van der Waals surface area contributed by atoms with Gasteiger partial charge in [-0.1, -0.05) is 11.6 Å². The van der Waals surface area contributed by atoms with E-state index in [1.807, 2.05) is 25.4 Å². The molecule has 5 nitrogen and oxygen atoms in total. The molecule has 0 N–H and O–H groups in total. The van der Waals surface area contributed by atoms with Crippen LogP contribution in [0.25, 0.3) is 11.6 Å². The van der Waals surface area contributed by atoms with Crippen LogP contribution in [-0.4, -0.2) is 41.6 Å². The highest BCUT2D eigenvalue weighted by molar-refractivity contribution is 6.29. The van der Waals surface area contributed by atoms with E-state index < -0.39 is 0 Å². The molecular weight excluding hydrogens is 348 g/mol. The van der Waals surface area contributed by atoms with Crippen molar-refractivity contribution in [3.63, 3.8) is 0 Å². The molecule has 0 bridgehead atoms. The molecule has 1 saturated carbocycles. The molecule has 0 aromatic carbocycles. The Labute approximate surface area is 159 Å². The standard InChI is InChI=1S/C20H25ClN4O/c1-24-12-15(9-18-19(24)7-8-20(21)23-18)16-10-22-25(13-16)11-14-3-5-17(26-2)6-4-14/h7-10,13-14,17H,3-6,11-12H2,1-2H3. The van der Waals surface area contributed by atoms with Crippen LogP contribution in [-0.2, 0) is 11.3 Å². The molecule has 0 unspecified atom stereocenters. The van der Waals surface area contributed by atoms with Gasteiger partial charge in [-0.3, -0.25) is 4.68 Å². The number of methoxy groups -OCH3 is 1. The largest absolute Gasteiger partial charge is 0.381 e. The van der Waals surface area contributed by atoms with E-state index in [9.17, 15) is 0 Å². The highest BCUT2D eigenvalue weighted by Gasteiger charge is 2.22. The van der Waals surface area contributed by atoms with E-state index in [1.54, 1.807) is 0 Å². The van der Waals surface area contributed by atoms with Crippen LogP contribution in [0, 0.1) is 5.92 Å². The molecule has 6 heteroatoms. The number of rotatable bonds is 4. The molecule has 3 heterocycles. The van der Waals surface area contributed by atoms with E-state index in [-0.39, 0.29) is 0 Å². The van der Waals surface area contributed by atoms with Crippen molar-refractivity contribution in [1.82, 2.24) is 14.8 Å². The minimum atomic E-state index is 0.446. The quantitative estimate of drug-likeness (QED) is 0.757. The lowest BCUT2D eigenvalue weighted by Gasteiger charge is -2.27. The Kier molecular flexibility index (Phi) is 5.00. The summed E-state index contributed by atoms with van der Waals surface area (Å²) in [6.07, 6.45) is 11.5.